The van der Waals surface area contributed by atoms with Gasteiger partial charge in [0.1, 0.15) is 5.82 Å². The van der Waals surface area contributed by atoms with Crippen molar-refractivity contribution < 1.29 is 4.39 Å². The van der Waals surface area contributed by atoms with Crippen LogP contribution in [-0.2, 0) is 12.8 Å². The quantitative estimate of drug-likeness (QED) is 0.190. The molecule has 4 aromatic carbocycles. The van der Waals surface area contributed by atoms with Crippen molar-refractivity contribution in [3.63, 3.8) is 0 Å². The van der Waals surface area contributed by atoms with Crippen molar-refractivity contribution in [3.8, 4) is 23.7 Å². The summed E-state index contributed by atoms with van der Waals surface area (Å²) in [5, 5.41) is 1.38. The number of fused-ring (bicyclic) bond motifs is 1. The molecule has 0 fully saturated rings. The number of hydrogen-bond donors (Lipinski definition) is 0. The molecule has 0 aliphatic rings. The molecule has 0 nitrogen and oxygen atoms in total. The van der Waals surface area contributed by atoms with E-state index in [0.29, 0.717) is 10.9 Å². The highest BCUT2D eigenvalue weighted by Crippen LogP contribution is 2.22. The molecule has 182 valence electrons. The van der Waals surface area contributed by atoms with Crippen LogP contribution in [0.3, 0.4) is 0 Å². The summed E-state index contributed by atoms with van der Waals surface area (Å²) in [5.74, 6) is 12.2. The first-order chi connectivity index (χ1) is 18.2. The summed E-state index contributed by atoms with van der Waals surface area (Å²) < 4.78 is 15.2. The van der Waals surface area contributed by atoms with Crippen LogP contribution in [0, 0.1) is 29.5 Å². The van der Waals surface area contributed by atoms with Crippen LogP contribution in [0.15, 0.2) is 103 Å². The molecule has 0 aliphatic heterocycles. The summed E-state index contributed by atoms with van der Waals surface area (Å²) in [4.78, 5) is 0. The Morgan fingerprint density at radius 3 is 1.68 bits per heavy atom. The van der Waals surface area contributed by atoms with E-state index in [1.165, 1.54) is 11.1 Å². The minimum atomic E-state index is -0.291. The lowest BCUT2D eigenvalue weighted by molar-refractivity contribution is 0.636. The van der Waals surface area contributed by atoms with Crippen molar-refractivity contribution in [2.24, 2.45) is 0 Å². The van der Waals surface area contributed by atoms with Crippen LogP contribution in [0.25, 0.3) is 10.8 Å². The van der Waals surface area contributed by atoms with Gasteiger partial charge < -0.3 is 0 Å². The van der Waals surface area contributed by atoms with Gasteiger partial charge >= 0.3 is 0 Å². The smallest absolute Gasteiger partial charge is 0.146 e. The first-order valence-corrected chi connectivity index (χ1v) is 12.8. The second-order valence-electron chi connectivity index (χ2n) is 8.97. The Morgan fingerprint density at radius 2 is 1.11 bits per heavy atom. The van der Waals surface area contributed by atoms with Gasteiger partial charge in [-0.3, -0.25) is 0 Å². The fraction of sp³-hybridized carbons (Fsp3) is 0.167. The standard InChI is InChI=1S/C36H31F/c1-3-5-7-9-28-11-15-30(16-12-28)19-20-32-22-26-35-34(27-32)25-24-33(36(35)37)23-21-31-17-13-29(14-18-31)10-8-6-4-2/h3-6,11-18,22,24-27H,7-10H2,1-2H3/b5-3+,6-4+. The van der Waals surface area contributed by atoms with Gasteiger partial charge in [-0.15, -0.1) is 0 Å². The molecular formula is C36H31F. The summed E-state index contributed by atoms with van der Waals surface area (Å²) in [7, 11) is 0. The Balaban J connectivity index is 1.46. The highest BCUT2D eigenvalue weighted by Gasteiger charge is 2.06. The van der Waals surface area contributed by atoms with Crippen LogP contribution in [0.5, 0.6) is 0 Å². The molecule has 37 heavy (non-hydrogen) atoms. The number of halogens is 1. The van der Waals surface area contributed by atoms with Crippen molar-refractivity contribution in [1.82, 2.24) is 0 Å². The van der Waals surface area contributed by atoms with Crippen molar-refractivity contribution in [1.29, 1.82) is 0 Å². The molecule has 1 heteroatoms. The molecule has 0 saturated heterocycles. The summed E-state index contributed by atoms with van der Waals surface area (Å²) >= 11 is 0. The van der Waals surface area contributed by atoms with E-state index in [2.05, 4.69) is 84.4 Å². The average molecular weight is 483 g/mol. The molecule has 0 aliphatic carbocycles. The van der Waals surface area contributed by atoms with Crippen LogP contribution >= 0.6 is 0 Å². The molecule has 0 unspecified atom stereocenters. The van der Waals surface area contributed by atoms with Crippen LogP contribution in [0.2, 0.25) is 0 Å². The number of allylic oxidation sites excluding steroid dienone is 4. The Labute approximate surface area is 220 Å². The normalized spacial score (nSPS) is 10.9. The zero-order chi connectivity index (χ0) is 25.9. The molecule has 0 N–H and O–H groups in total. The second-order valence-corrected chi connectivity index (χ2v) is 8.97. The monoisotopic (exact) mass is 482 g/mol. The Hall–Kier alpha value is -4.33. The molecule has 0 bridgehead atoms. The third-order valence-electron chi connectivity index (χ3n) is 6.23. The van der Waals surface area contributed by atoms with Gasteiger partial charge in [0.2, 0.25) is 0 Å². The van der Waals surface area contributed by atoms with Gasteiger partial charge in [-0.05, 0) is 98.5 Å². The van der Waals surface area contributed by atoms with E-state index < -0.39 is 0 Å². The van der Waals surface area contributed by atoms with Crippen molar-refractivity contribution in [3.05, 3.63) is 142 Å². The van der Waals surface area contributed by atoms with Gasteiger partial charge in [0.05, 0.1) is 5.56 Å². The largest absolute Gasteiger partial charge is 0.205 e. The Bertz CT molecular complexity index is 1530. The first kappa shape index (κ1) is 25.8. The van der Waals surface area contributed by atoms with Gasteiger partial charge in [0.25, 0.3) is 0 Å². The number of aryl methyl sites for hydroxylation is 2. The van der Waals surface area contributed by atoms with Gasteiger partial charge in [-0.25, -0.2) is 4.39 Å². The minimum Gasteiger partial charge on any atom is -0.205 e. The Morgan fingerprint density at radius 1 is 0.595 bits per heavy atom. The van der Waals surface area contributed by atoms with E-state index in [-0.39, 0.29) is 5.82 Å². The lowest BCUT2D eigenvalue weighted by Crippen LogP contribution is -1.88. The molecule has 0 heterocycles. The van der Waals surface area contributed by atoms with Gasteiger partial charge in [-0.1, -0.05) is 84.4 Å². The second kappa shape index (κ2) is 13.1. The van der Waals surface area contributed by atoms with Crippen molar-refractivity contribution in [2.45, 2.75) is 39.5 Å². The van der Waals surface area contributed by atoms with E-state index in [4.69, 9.17) is 0 Å². The summed E-state index contributed by atoms with van der Waals surface area (Å²) in [6, 6.07) is 25.8. The molecular weight excluding hydrogens is 451 g/mol. The topological polar surface area (TPSA) is 0 Å². The lowest BCUT2D eigenvalue weighted by Gasteiger charge is -2.03. The maximum atomic E-state index is 15.2. The zero-order valence-corrected chi connectivity index (χ0v) is 21.5. The van der Waals surface area contributed by atoms with Crippen LogP contribution in [-0.4, -0.2) is 0 Å². The molecule has 0 atom stereocenters. The number of benzene rings is 4. The third kappa shape index (κ3) is 7.33. The lowest BCUT2D eigenvalue weighted by atomic mass is 10.0. The van der Waals surface area contributed by atoms with E-state index in [1.807, 2.05) is 44.2 Å². The maximum Gasteiger partial charge on any atom is 0.146 e. The predicted octanol–water partition coefficient (Wildman–Crippen LogP) is 8.80. The van der Waals surface area contributed by atoms with E-state index in [9.17, 15) is 0 Å². The summed E-state index contributed by atoms with van der Waals surface area (Å²) in [6.07, 6.45) is 12.6. The van der Waals surface area contributed by atoms with Gasteiger partial charge in [0, 0.05) is 22.1 Å². The molecule has 4 aromatic rings. The molecule has 0 spiro atoms. The predicted molar refractivity (Wildman–Crippen MR) is 155 cm³/mol. The highest BCUT2D eigenvalue weighted by molar-refractivity contribution is 5.86. The third-order valence-corrected chi connectivity index (χ3v) is 6.23. The number of rotatable bonds is 6. The maximum absolute atomic E-state index is 15.2. The fourth-order valence-electron chi connectivity index (χ4n) is 4.09. The van der Waals surface area contributed by atoms with Crippen LogP contribution in [0.4, 0.5) is 4.39 Å². The van der Waals surface area contributed by atoms with Gasteiger partial charge in [-0.2, -0.15) is 0 Å². The fourth-order valence-corrected chi connectivity index (χ4v) is 4.09. The van der Waals surface area contributed by atoms with E-state index in [0.717, 1.165) is 47.8 Å². The minimum absolute atomic E-state index is 0.291. The molecule has 0 saturated carbocycles. The van der Waals surface area contributed by atoms with E-state index in [1.54, 1.807) is 12.1 Å². The zero-order valence-electron chi connectivity index (χ0n) is 21.5. The average Bonchev–Trinajstić information content (AvgIpc) is 2.93. The summed E-state index contributed by atoms with van der Waals surface area (Å²) in [6.45, 7) is 4.08. The number of hydrogen-bond acceptors (Lipinski definition) is 0. The highest BCUT2D eigenvalue weighted by atomic mass is 19.1. The van der Waals surface area contributed by atoms with Crippen LogP contribution in [0.1, 0.15) is 60.1 Å². The molecule has 0 radical (unpaired) electrons. The SMILES string of the molecule is C/C=C/CCc1ccc(C#Cc2ccc3c(F)c(C#Cc4ccc(CC/C=C/C)cc4)ccc3c2)cc1. The molecule has 0 aromatic heterocycles. The van der Waals surface area contributed by atoms with Crippen LogP contribution < -0.4 is 0 Å². The van der Waals surface area contributed by atoms with Crippen molar-refractivity contribution >= 4 is 10.8 Å². The van der Waals surface area contributed by atoms with Gasteiger partial charge in [0.15, 0.2) is 0 Å². The molecule has 0 amide bonds. The van der Waals surface area contributed by atoms with Crippen molar-refractivity contribution in [2.75, 3.05) is 0 Å². The first-order valence-electron chi connectivity index (χ1n) is 12.8. The van der Waals surface area contributed by atoms with E-state index >= 15 is 4.39 Å². The molecule has 4 rings (SSSR count). The summed E-state index contributed by atoms with van der Waals surface area (Å²) in [5.41, 5.74) is 5.69. The Kier molecular flexibility index (Phi) is 9.12.